The standard InChI is InChI=1S/C19H21N3O4/c1-25-16-10-22(18(24)15-7-8-17(23)21-20-15)12-19(16)9-14(11-26-19)13-5-3-2-4-6-13/h2-8,14,16H,9-12H2,1H3,(H,21,23)/t14-,16-,19-/m1/s1. The molecule has 0 unspecified atom stereocenters. The Balaban J connectivity index is 1.53. The molecule has 0 saturated carbocycles. The SMILES string of the molecule is CO[C@@H]1CN(C(=O)c2ccc(=O)[nH]n2)C[C@]12C[C@@H](c1ccccc1)CO2. The predicted octanol–water partition coefficient (Wildman–Crippen LogP) is 1.18. The number of hydrogen-bond donors (Lipinski definition) is 1. The number of carbonyl (C=O) groups is 1. The summed E-state index contributed by atoms with van der Waals surface area (Å²) in [4.78, 5) is 25.6. The monoisotopic (exact) mass is 355 g/mol. The van der Waals surface area contributed by atoms with Crippen molar-refractivity contribution in [3.8, 4) is 0 Å². The molecule has 1 spiro atoms. The Labute approximate surface area is 150 Å². The number of aromatic nitrogens is 2. The summed E-state index contributed by atoms with van der Waals surface area (Å²) in [5, 5.41) is 6.14. The van der Waals surface area contributed by atoms with E-state index < -0.39 is 5.60 Å². The molecule has 1 amide bonds. The van der Waals surface area contributed by atoms with Crippen molar-refractivity contribution in [2.24, 2.45) is 0 Å². The van der Waals surface area contributed by atoms with Crippen molar-refractivity contribution < 1.29 is 14.3 Å². The van der Waals surface area contributed by atoms with Crippen LogP contribution in [0, 0.1) is 0 Å². The van der Waals surface area contributed by atoms with E-state index in [0.717, 1.165) is 6.42 Å². The van der Waals surface area contributed by atoms with E-state index in [1.165, 1.54) is 17.7 Å². The molecule has 0 bridgehead atoms. The van der Waals surface area contributed by atoms with E-state index >= 15 is 0 Å². The Hall–Kier alpha value is -2.51. The highest BCUT2D eigenvalue weighted by molar-refractivity contribution is 5.92. The summed E-state index contributed by atoms with van der Waals surface area (Å²) in [5.41, 5.74) is 0.618. The molecule has 7 heteroatoms. The first-order chi connectivity index (χ1) is 12.6. The summed E-state index contributed by atoms with van der Waals surface area (Å²) in [5.74, 6) is 0.0574. The number of benzene rings is 1. The average Bonchev–Trinajstić information content (AvgIpc) is 3.27. The van der Waals surface area contributed by atoms with Crippen LogP contribution in [0.5, 0.6) is 0 Å². The number of likely N-dealkylation sites (tertiary alicyclic amines) is 1. The Bertz CT molecular complexity index is 833. The molecule has 1 N–H and O–H groups in total. The van der Waals surface area contributed by atoms with Gasteiger partial charge in [-0.25, -0.2) is 5.10 Å². The lowest BCUT2D eigenvalue weighted by Gasteiger charge is -2.28. The molecule has 7 nitrogen and oxygen atoms in total. The summed E-state index contributed by atoms with van der Waals surface area (Å²) in [6.45, 7) is 1.51. The van der Waals surface area contributed by atoms with Gasteiger partial charge >= 0.3 is 0 Å². The number of amides is 1. The summed E-state index contributed by atoms with van der Waals surface area (Å²) >= 11 is 0. The molecule has 136 valence electrons. The van der Waals surface area contributed by atoms with Crippen molar-refractivity contribution in [3.63, 3.8) is 0 Å². The molecule has 2 fully saturated rings. The Morgan fingerprint density at radius 3 is 2.81 bits per heavy atom. The minimum absolute atomic E-state index is 0.192. The third-order valence-corrected chi connectivity index (χ3v) is 5.34. The second-order valence-corrected chi connectivity index (χ2v) is 6.90. The van der Waals surface area contributed by atoms with E-state index in [2.05, 4.69) is 22.3 Å². The summed E-state index contributed by atoms with van der Waals surface area (Å²) < 4.78 is 11.9. The number of ether oxygens (including phenoxy) is 2. The number of hydrogen-bond acceptors (Lipinski definition) is 5. The van der Waals surface area contributed by atoms with Crippen molar-refractivity contribution in [2.45, 2.75) is 24.0 Å². The minimum atomic E-state index is -0.507. The molecule has 0 aliphatic carbocycles. The van der Waals surface area contributed by atoms with E-state index in [1.54, 1.807) is 12.0 Å². The van der Waals surface area contributed by atoms with Gasteiger partial charge in [-0.2, -0.15) is 5.10 Å². The zero-order valence-electron chi connectivity index (χ0n) is 14.6. The first-order valence-corrected chi connectivity index (χ1v) is 8.68. The van der Waals surface area contributed by atoms with Crippen LogP contribution in [0.2, 0.25) is 0 Å². The number of H-pyrrole nitrogens is 1. The summed E-state index contributed by atoms with van der Waals surface area (Å²) in [6, 6.07) is 13.0. The van der Waals surface area contributed by atoms with Gasteiger partial charge in [-0.1, -0.05) is 30.3 Å². The quantitative estimate of drug-likeness (QED) is 0.894. The average molecular weight is 355 g/mol. The van der Waals surface area contributed by atoms with Gasteiger partial charge in [-0.3, -0.25) is 9.59 Å². The van der Waals surface area contributed by atoms with Gasteiger partial charge < -0.3 is 14.4 Å². The van der Waals surface area contributed by atoms with Crippen molar-refractivity contribution >= 4 is 5.91 Å². The molecule has 3 heterocycles. The Morgan fingerprint density at radius 2 is 2.12 bits per heavy atom. The first-order valence-electron chi connectivity index (χ1n) is 8.68. The number of methoxy groups -OCH3 is 1. The second-order valence-electron chi connectivity index (χ2n) is 6.90. The molecule has 2 aliphatic rings. The lowest BCUT2D eigenvalue weighted by Crippen LogP contribution is -2.42. The van der Waals surface area contributed by atoms with Crippen LogP contribution in [0.15, 0.2) is 47.3 Å². The highest BCUT2D eigenvalue weighted by atomic mass is 16.6. The number of aromatic amines is 1. The lowest BCUT2D eigenvalue weighted by atomic mass is 9.87. The summed E-state index contributed by atoms with van der Waals surface area (Å²) in [6.07, 6.45) is 0.612. The van der Waals surface area contributed by atoms with Crippen LogP contribution < -0.4 is 5.56 Å². The predicted molar refractivity (Wildman–Crippen MR) is 94.0 cm³/mol. The molecule has 3 atom stereocenters. The van der Waals surface area contributed by atoms with Gasteiger partial charge in [-0.15, -0.1) is 0 Å². The van der Waals surface area contributed by atoms with Gasteiger partial charge in [-0.05, 0) is 18.1 Å². The largest absolute Gasteiger partial charge is 0.377 e. The van der Waals surface area contributed by atoms with Crippen molar-refractivity contribution in [3.05, 3.63) is 64.1 Å². The number of nitrogens with one attached hydrogen (secondary N) is 1. The zero-order valence-corrected chi connectivity index (χ0v) is 14.6. The number of rotatable bonds is 3. The third kappa shape index (κ3) is 2.93. The summed E-state index contributed by atoms with van der Waals surface area (Å²) in [7, 11) is 1.65. The highest BCUT2D eigenvalue weighted by Gasteiger charge is 2.54. The molecule has 1 aromatic carbocycles. The minimum Gasteiger partial charge on any atom is -0.377 e. The lowest BCUT2D eigenvalue weighted by molar-refractivity contribution is -0.0755. The molecule has 2 aliphatic heterocycles. The molecule has 1 aromatic heterocycles. The molecule has 0 radical (unpaired) electrons. The van der Waals surface area contributed by atoms with Crippen LogP contribution >= 0.6 is 0 Å². The van der Waals surface area contributed by atoms with E-state index in [1.807, 2.05) is 18.2 Å². The van der Waals surface area contributed by atoms with E-state index in [0.29, 0.717) is 19.7 Å². The maximum Gasteiger partial charge on any atom is 0.274 e. The van der Waals surface area contributed by atoms with Gasteiger partial charge in [0.2, 0.25) is 0 Å². The van der Waals surface area contributed by atoms with Crippen molar-refractivity contribution in [1.82, 2.24) is 15.1 Å². The van der Waals surface area contributed by atoms with Gasteiger partial charge in [0, 0.05) is 19.1 Å². The van der Waals surface area contributed by atoms with Crippen LogP contribution in [-0.4, -0.2) is 59.5 Å². The van der Waals surface area contributed by atoms with E-state index in [4.69, 9.17) is 9.47 Å². The first kappa shape index (κ1) is 16.9. The topological polar surface area (TPSA) is 84.5 Å². The van der Waals surface area contributed by atoms with Gasteiger partial charge in [0.05, 0.1) is 19.7 Å². The maximum atomic E-state index is 12.7. The molecular formula is C19H21N3O4. The van der Waals surface area contributed by atoms with E-state index in [9.17, 15) is 9.59 Å². The van der Waals surface area contributed by atoms with Crippen molar-refractivity contribution in [1.29, 1.82) is 0 Å². The van der Waals surface area contributed by atoms with Crippen LogP contribution in [0.25, 0.3) is 0 Å². The Kier molecular flexibility index (Phi) is 4.34. The fourth-order valence-corrected chi connectivity index (χ4v) is 4.00. The maximum absolute atomic E-state index is 12.7. The molecule has 26 heavy (non-hydrogen) atoms. The number of nitrogens with zero attached hydrogens (tertiary/aromatic N) is 2. The van der Waals surface area contributed by atoms with Gasteiger partial charge in [0.1, 0.15) is 17.4 Å². The van der Waals surface area contributed by atoms with Crippen molar-refractivity contribution in [2.75, 3.05) is 26.8 Å². The molecule has 2 aromatic rings. The molecule has 2 saturated heterocycles. The van der Waals surface area contributed by atoms with Gasteiger partial charge in [0.25, 0.3) is 11.5 Å². The Morgan fingerprint density at radius 1 is 1.31 bits per heavy atom. The van der Waals surface area contributed by atoms with Crippen LogP contribution in [0.4, 0.5) is 0 Å². The molecule has 4 rings (SSSR count). The second kappa shape index (κ2) is 6.66. The van der Waals surface area contributed by atoms with E-state index in [-0.39, 0.29) is 29.2 Å². The van der Waals surface area contributed by atoms with Crippen LogP contribution in [0.1, 0.15) is 28.4 Å². The van der Waals surface area contributed by atoms with Gasteiger partial charge in [0.15, 0.2) is 0 Å². The molecular weight excluding hydrogens is 334 g/mol. The smallest absolute Gasteiger partial charge is 0.274 e. The number of carbonyl (C=O) groups excluding carboxylic acids is 1. The van der Waals surface area contributed by atoms with Crippen LogP contribution in [0.3, 0.4) is 0 Å². The van der Waals surface area contributed by atoms with Crippen LogP contribution in [-0.2, 0) is 9.47 Å². The fourth-order valence-electron chi connectivity index (χ4n) is 4.00. The third-order valence-electron chi connectivity index (χ3n) is 5.34. The zero-order chi connectivity index (χ0) is 18.1. The normalized spacial score (nSPS) is 28.0. The fraction of sp³-hybridized carbons (Fsp3) is 0.421. The highest BCUT2D eigenvalue weighted by Crippen LogP contribution is 2.43.